The van der Waals surface area contributed by atoms with Crippen LogP contribution in [0.3, 0.4) is 0 Å². The SMILES string of the molecule is COc1cc2ccnc(Cc3ccc(O)cc3)c2cc1OC. The van der Waals surface area contributed by atoms with Crippen LogP contribution in [0.15, 0.2) is 48.7 Å². The first-order valence-corrected chi connectivity index (χ1v) is 6.99. The molecular weight excluding hydrogens is 278 g/mol. The Hall–Kier alpha value is -2.75. The number of phenolic OH excluding ortho intramolecular Hbond substituents is 1. The van der Waals surface area contributed by atoms with Crippen LogP contribution in [-0.4, -0.2) is 24.3 Å². The molecule has 3 rings (SSSR count). The zero-order valence-corrected chi connectivity index (χ0v) is 12.5. The third-order valence-corrected chi connectivity index (χ3v) is 3.66. The second-order valence-electron chi connectivity index (χ2n) is 5.03. The topological polar surface area (TPSA) is 51.6 Å². The number of hydrogen-bond acceptors (Lipinski definition) is 4. The third-order valence-electron chi connectivity index (χ3n) is 3.66. The van der Waals surface area contributed by atoms with Gasteiger partial charge in [0.2, 0.25) is 0 Å². The van der Waals surface area contributed by atoms with Gasteiger partial charge in [-0.2, -0.15) is 0 Å². The van der Waals surface area contributed by atoms with E-state index in [0.717, 1.165) is 22.0 Å². The molecule has 0 radical (unpaired) electrons. The van der Waals surface area contributed by atoms with Gasteiger partial charge in [0, 0.05) is 18.0 Å². The van der Waals surface area contributed by atoms with Crippen molar-refractivity contribution in [1.29, 1.82) is 0 Å². The monoisotopic (exact) mass is 295 g/mol. The fourth-order valence-electron chi connectivity index (χ4n) is 2.51. The average molecular weight is 295 g/mol. The van der Waals surface area contributed by atoms with Gasteiger partial charge in [0.1, 0.15) is 5.75 Å². The van der Waals surface area contributed by atoms with Crippen molar-refractivity contribution in [1.82, 2.24) is 4.98 Å². The molecule has 0 saturated heterocycles. The van der Waals surface area contributed by atoms with E-state index in [-0.39, 0.29) is 5.75 Å². The number of phenols is 1. The molecule has 3 aromatic rings. The highest BCUT2D eigenvalue weighted by Crippen LogP contribution is 2.33. The normalized spacial score (nSPS) is 10.6. The second kappa shape index (κ2) is 5.93. The first-order chi connectivity index (χ1) is 10.7. The predicted octanol–water partition coefficient (Wildman–Crippen LogP) is 3.55. The predicted molar refractivity (Wildman–Crippen MR) is 85.8 cm³/mol. The summed E-state index contributed by atoms with van der Waals surface area (Å²) in [5, 5.41) is 11.5. The van der Waals surface area contributed by atoms with Crippen molar-refractivity contribution < 1.29 is 14.6 Å². The minimum atomic E-state index is 0.265. The highest BCUT2D eigenvalue weighted by molar-refractivity contribution is 5.88. The van der Waals surface area contributed by atoms with Crippen LogP contribution in [0.25, 0.3) is 10.8 Å². The van der Waals surface area contributed by atoms with E-state index in [4.69, 9.17) is 9.47 Å². The van der Waals surface area contributed by atoms with Crippen molar-refractivity contribution in [3.63, 3.8) is 0 Å². The molecule has 0 aliphatic carbocycles. The van der Waals surface area contributed by atoms with Crippen LogP contribution in [0.1, 0.15) is 11.3 Å². The van der Waals surface area contributed by atoms with E-state index in [9.17, 15) is 5.11 Å². The maximum Gasteiger partial charge on any atom is 0.161 e. The number of benzene rings is 2. The van der Waals surface area contributed by atoms with E-state index in [1.54, 1.807) is 32.5 Å². The largest absolute Gasteiger partial charge is 0.508 e. The number of rotatable bonds is 4. The summed E-state index contributed by atoms with van der Waals surface area (Å²) in [6.07, 6.45) is 2.48. The Kier molecular flexibility index (Phi) is 3.83. The Morgan fingerprint density at radius 2 is 1.64 bits per heavy atom. The Bertz CT molecular complexity index is 797. The molecule has 0 spiro atoms. The molecule has 4 heteroatoms. The molecule has 1 N–H and O–H groups in total. The number of methoxy groups -OCH3 is 2. The molecule has 112 valence electrons. The van der Waals surface area contributed by atoms with Gasteiger partial charge in [-0.1, -0.05) is 12.1 Å². The van der Waals surface area contributed by atoms with E-state index >= 15 is 0 Å². The summed E-state index contributed by atoms with van der Waals surface area (Å²) < 4.78 is 10.7. The summed E-state index contributed by atoms with van der Waals surface area (Å²) in [6, 6.07) is 13.0. The Morgan fingerprint density at radius 1 is 0.955 bits per heavy atom. The minimum absolute atomic E-state index is 0.265. The molecule has 1 heterocycles. The van der Waals surface area contributed by atoms with Gasteiger partial charge in [-0.05, 0) is 41.3 Å². The van der Waals surface area contributed by atoms with Gasteiger partial charge < -0.3 is 14.6 Å². The summed E-state index contributed by atoms with van der Waals surface area (Å²) in [6.45, 7) is 0. The van der Waals surface area contributed by atoms with Crippen molar-refractivity contribution in [3.8, 4) is 17.2 Å². The van der Waals surface area contributed by atoms with Crippen LogP contribution in [0.4, 0.5) is 0 Å². The van der Waals surface area contributed by atoms with Crippen LogP contribution in [-0.2, 0) is 6.42 Å². The lowest BCUT2D eigenvalue weighted by Gasteiger charge is -2.11. The maximum absolute atomic E-state index is 9.37. The molecular formula is C18H17NO3. The highest BCUT2D eigenvalue weighted by atomic mass is 16.5. The van der Waals surface area contributed by atoms with Gasteiger partial charge >= 0.3 is 0 Å². The lowest BCUT2D eigenvalue weighted by atomic mass is 10.0. The molecule has 0 fully saturated rings. The fourth-order valence-corrected chi connectivity index (χ4v) is 2.51. The number of pyridine rings is 1. The van der Waals surface area contributed by atoms with Crippen LogP contribution >= 0.6 is 0 Å². The first kappa shape index (κ1) is 14.2. The summed E-state index contributed by atoms with van der Waals surface area (Å²) in [5.74, 6) is 1.66. The smallest absolute Gasteiger partial charge is 0.161 e. The standard InChI is InChI=1S/C18H17NO3/c1-21-17-10-13-7-8-19-16(15(13)11-18(17)22-2)9-12-3-5-14(20)6-4-12/h3-8,10-11,20H,9H2,1-2H3. The Balaban J connectivity index is 2.07. The summed E-state index contributed by atoms with van der Waals surface area (Å²) in [4.78, 5) is 4.50. The van der Waals surface area contributed by atoms with Crippen LogP contribution in [0.2, 0.25) is 0 Å². The number of aromatic nitrogens is 1. The van der Waals surface area contributed by atoms with Crippen LogP contribution < -0.4 is 9.47 Å². The zero-order valence-electron chi connectivity index (χ0n) is 12.5. The highest BCUT2D eigenvalue weighted by Gasteiger charge is 2.10. The average Bonchev–Trinajstić information content (AvgIpc) is 2.56. The third kappa shape index (κ3) is 2.68. The van der Waals surface area contributed by atoms with E-state index < -0.39 is 0 Å². The molecule has 0 aliphatic heterocycles. The molecule has 0 amide bonds. The Labute approximate surface area is 129 Å². The van der Waals surface area contributed by atoms with E-state index in [2.05, 4.69) is 4.98 Å². The summed E-state index contributed by atoms with van der Waals surface area (Å²) >= 11 is 0. The van der Waals surface area contributed by atoms with Gasteiger partial charge in [-0.15, -0.1) is 0 Å². The van der Waals surface area contributed by atoms with Gasteiger partial charge in [0.05, 0.1) is 19.9 Å². The van der Waals surface area contributed by atoms with E-state index in [1.807, 2.05) is 30.3 Å². The lowest BCUT2D eigenvalue weighted by molar-refractivity contribution is 0.356. The Morgan fingerprint density at radius 3 is 2.32 bits per heavy atom. The number of fused-ring (bicyclic) bond motifs is 1. The van der Waals surface area contributed by atoms with Crippen molar-refractivity contribution in [2.75, 3.05) is 14.2 Å². The van der Waals surface area contributed by atoms with Crippen molar-refractivity contribution in [3.05, 3.63) is 59.9 Å². The lowest BCUT2D eigenvalue weighted by Crippen LogP contribution is -1.96. The van der Waals surface area contributed by atoms with Gasteiger partial charge in [0.15, 0.2) is 11.5 Å². The van der Waals surface area contributed by atoms with Gasteiger partial charge in [-0.3, -0.25) is 4.98 Å². The molecule has 22 heavy (non-hydrogen) atoms. The fraction of sp³-hybridized carbons (Fsp3) is 0.167. The van der Waals surface area contributed by atoms with E-state index in [1.165, 1.54) is 0 Å². The summed E-state index contributed by atoms with van der Waals surface area (Å²) in [7, 11) is 3.25. The van der Waals surface area contributed by atoms with E-state index in [0.29, 0.717) is 17.9 Å². The molecule has 4 nitrogen and oxygen atoms in total. The molecule has 0 unspecified atom stereocenters. The van der Waals surface area contributed by atoms with Gasteiger partial charge in [0.25, 0.3) is 0 Å². The summed E-state index contributed by atoms with van der Waals surface area (Å²) in [5.41, 5.74) is 2.05. The van der Waals surface area contributed by atoms with Crippen LogP contribution in [0.5, 0.6) is 17.2 Å². The van der Waals surface area contributed by atoms with Crippen molar-refractivity contribution in [2.24, 2.45) is 0 Å². The quantitative estimate of drug-likeness (QED) is 0.799. The molecule has 0 atom stereocenters. The molecule has 2 aromatic carbocycles. The number of aromatic hydroxyl groups is 1. The van der Waals surface area contributed by atoms with Crippen molar-refractivity contribution >= 4 is 10.8 Å². The number of nitrogens with zero attached hydrogens (tertiary/aromatic N) is 1. The van der Waals surface area contributed by atoms with Crippen LogP contribution in [0, 0.1) is 0 Å². The number of ether oxygens (including phenoxy) is 2. The first-order valence-electron chi connectivity index (χ1n) is 6.99. The zero-order chi connectivity index (χ0) is 15.5. The van der Waals surface area contributed by atoms with Crippen molar-refractivity contribution in [2.45, 2.75) is 6.42 Å². The molecule has 0 saturated carbocycles. The maximum atomic E-state index is 9.37. The molecule has 1 aromatic heterocycles. The van der Waals surface area contributed by atoms with Gasteiger partial charge in [-0.25, -0.2) is 0 Å². The minimum Gasteiger partial charge on any atom is -0.508 e. The molecule has 0 aliphatic rings. The molecule has 0 bridgehead atoms. The second-order valence-corrected chi connectivity index (χ2v) is 5.03. The number of hydrogen-bond donors (Lipinski definition) is 1.